The van der Waals surface area contributed by atoms with Gasteiger partial charge in [-0.25, -0.2) is 9.18 Å². The summed E-state index contributed by atoms with van der Waals surface area (Å²) in [6, 6.07) is 16.9. The van der Waals surface area contributed by atoms with Gasteiger partial charge in [0.25, 0.3) is 0 Å². The van der Waals surface area contributed by atoms with Gasteiger partial charge in [-0.2, -0.15) is 0 Å². The fourth-order valence-electron chi connectivity index (χ4n) is 2.41. The molecule has 0 radical (unpaired) electrons. The molecule has 3 aromatic carbocycles. The number of fused-ring (bicyclic) bond motifs is 1. The van der Waals surface area contributed by atoms with Crippen LogP contribution in [0.3, 0.4) is 0 Å². The number of benzene rings is 3. The van der Waals surface area contributed by atoms with Crippen LogP contribution >= 0.6 is 0 Å². The molecule has 3 rings (SSSR count). The first-order chi connectivity index (χ1) is 9.68. The molecule has 98 valence electrons. The van der Waals surface area contributed by atoms with Crippen LogP contribution in [-0.2, 0) is 0 Å². The number of hydrogen-bond acceptors (Lipinski definition) is 1. The molecule has 1 N–H and O–H groups in total. The highest BCUT2D eigenvalue weighted by Gasteiger charge is 2.16. The topological polar surface area (TPSA) is 37.3 Å². The van der Waals surface area contributed by atoms with Crippen LogP contribution in [0.2, 0.25) is 0 Å². The molecule has 20 heavy (non-hydrogen) atoms. The molecule has 0 bridgehead atoms. The molecule has 0 heterocycles. The molecule has 0 saturated heterocycles. The van der Waals surface area contributed by atoms with Gasteiger partial charge in [-0.05, 0) is 23.1 Å². The number of aromatic carboxylic acids is 1. The van der Waals surface area contributed by atoms with Gasteiger partial charge in [0, 0.05) is 10.9 Å². The molecule has 0 spiro atoms. The van der Waals surface area contributed by atoms with Crippen LogP contribution in [0, 0.1) is 5.82 Å². The van der Waals surface area contributed by atoms with Crippen LogP contribution in [0.1, 0.15) is 10.4 Å². The molecule has 0 fully saturated rings. The maximum atomic E-state index is 13.9. The maximum absolute atomic E-state index is 13.9. The Morgan fingerprint density at radius 3 is 2.30 bits per heavy atom. The van der Waals surface area contributed by atoms with Crippen LogP contribution in [0.25, 0.3) is 21.9 Å². The van der Waals surface area contributed by atoms with Crippen LogP contribution in [0.5, 0.6) is 0 Å². The molecule has 0 amide bonds. The van der Waals surface area contributed by atoms with Crippen molar-refractivity contribution in [2.75, 3.05) is 0 Å². The predicted octanol–water partition coefficient (Wildman–Crippen LogP) is 4.34. The summed E-state index contributed by atoms with van der Waals surface area (Å²) in [6.07, 6.45) is 0. The molecular formula is C17H11FO2. The molecular weight excluding hydrogens is 255 g/mol. The molecule has 0 saturated carbocycles. The lowest BCUT2D eigenvalue weighted by atomic mass is 9.93. The molecule has 3 aromatic rings. The fourth-order valence-corrected chi connectivity index (χ4v) is 2.41. The summed E-state index contributed by atoms with van der Waals surface area (Å²) < 4.78 is 13.9. The van der Waals surface area contributed by atoms with Crippen molar-refractivity contribution in [1.82, 2.24) is 0 Å². The van der Waals surface area contributed by atoms with Gasteiger partial charge >= 0.3 is 5.97 Å². The molecule has 0 unspecified atom stereocenters. The first kappa shape index (κ1) is 12.4. The van der Waals surface area contributed by atoms with E-state index in [2.05, 4.69) is 0 Å². The predicted molar refractivity (Wildman–Crippen MR) is 76.3 cm³/mol. The lowest BCUT2D eigenvalue weighted by molar-refractivity contribution is 0.0698. The fraction of sp³-hybridized carbons (Fsp3) is 0. The molecule has 0 aliphatic carbocycles. The monoisotopic (exact) mass is 266 g/mol. The molecule has 0 aliphatic heterocycles. The van der Waals surface area contributed by atoms with E-state index in [1.807, 2.05) is 30.3 Å². The van der Waals surface area contributed by atoms with E-state index in [1.54, 1.807) is 12.1 Å². The van der Waals surface area contributed by atoms with Gasteiger partial charge in [0.15, 0.2) is 0 Å². The second-order valence-electron chi connectivity index (χ2n) is 4.49. The van der Waals surface area contributed by atoms with Crippen LogP contribution in [0.4, 0.5) is 4.39 Å². The van der Waals surface area contributed by atoms with Crippen molar-refractivity contribution in [3.8, 4) is 11.1 Å². The van der Waals surface area contributed by atoms with Crippen molar-refractivity contribution < 1.29 is 14.3 Å². The van der Waals surface area contributed by atoms with Crippen molar-refractivity contribution in [3.63, 3.8) is 0 Å². The highest BCUT2D eigenvalue weighted by molar-refractivity contribution is 6.07. The first-order valence-corrected chi connectivity index (χ1v) is 6.18. The van der Waals surface area contributed by atoms with E-state index in [0.717, 1.165) is 5.56 Å². The summed E-state index contributed by atoms with van der Waals surface area (Å²) in [5, 5.41) is 10.4. The smallest absolute Gasteiger partial charge is 0.336 e. The zero-order valence-electron chi connectivity index (χ0n) is 10.5. The number of carbonyl (C=O) groups is 1. The number of hydrogen-bond donors (Lipinski definition) is 1. The molecule has 0 aliphatic rings. The van der Waals surface area contributed by atoms with Gasteiger partial charge in [0.05, 0.1) is 5.56 Å². The lowest BCUT2D eigenvalue weighted by Crippen LogP contribution is -2.00. The minimum absolute atomic E-state index is 0.175. The summed E-state index contributed by atoms with van der Waals surface area (Å²) in [5.74, 6) is -1.37. The number of rotatable bonds is 2. The largest absolute Gasteiger partial charge is 0.478 e. The van der Waals surface area contributed by atoms with E-state index in [1.165, 1.54) is 18.2 Å². The maximum Gasteiger partial charge on any atom is 0.336 e. The van der Waals surface area contributed by atoms with E-state index in [4.69, 9.17) is 0 Å². The van der Waals surface area contributed by atoms with E-state index in [0.29, 0.717) is 16.3 Å². The Bertz CT molecular complexity index is 795. The summed E-state index contributed by atoms with van der Waals surface area (Å²) in [5.41, 5.74) is 1.49. The van der Waals surface area contributed by atoms with Crippen molar-refractivity contribution in [2.24, 2.45) is 0 Å². The summed E-state index contributed by atoms with van der Waals surface area (Å²) in [7, 11) is 0. The highest BCUT2D eigenvalue weighted by atomic mass is 19.1. The normalized spacial score (nSPS) is 10.7. The van der Waals surface area contributed by atoms with E-state index >= 15 is 0 Å². The molecule has 2 nitrogen and oxygen atoms in total. The number of halogens is 1. The van der Waals surface area contributed by atoms with Crippen LogP contribution in [0.15, 0.2) is 60.7 Å². The van der Waals surface area contributed by atoms with Gasteiger partial charge in [-0.3, -0.25) is 0 Å². The average Bonchev–Trinajstić information content (AvgIpc) is 2.47. The third-order valence-electron chi connectivity index (χ3n) is 3.30. The second-order valence-corrected chi connectivity index (χ2v) is 4.49. The third-order valence-corrected chi connectivity index (χ3v) is 3.30. The van der Waals surface area contributed by atoms with Crippen molar-refractivity contribution >= 4 is 16.7 Å². The van der Waals surface area contributed by atoms with Gasteiger partial charge in [-0.1, -0.05) is 48.5 Å². The molecule has 3 heteroatoms. The van der Waals surface area contributed by atoms with E-state index < -0.39 is 5.97 Å². The Morgan fingerprint density at radius 2 is 1.60 bits per heavy atom. The van der Waals surface area contributed by atoms with Crippen LogP contribution < -0.4 is 0 Å². The Labute approximate surface area is 115 Å². The first-order valence-electron chi connectivity index (χ1n) is 6.18. The Morgan fingerprint density at radius 1 is 0.850 bits per heavy atom. The summed E-state index contributed by atoms with van der Waals surface area (Å²) in [4.78, 5) is 11.4. The minimum Gasteiger partial charge on any atom is -0.478 e. The van der Waals surface area contributed by atoms with Crippen molar-refractivity contribution in [1.29, 1.82) is 0 Å². The lowest BCUT2D eigenvalue weighted by Gasteiger charge is -2.11. The molecule has 0 aromatic heterocycles. The highest BCUT2D eigenvalue weighted by Crippen LogP contribution is 2.33. The van der Waals surface area contributed by atoms with Gasteiger partial charge in [0.1, 0.15) is 5.82 Å². The molecule has 0 atom stereocenters. The van der Waals surface area contributed by atoms with Gasteiger partial charge < -0.3 is 5.11 Å². The second kappa shape index (κ2) is 4.78. The Hall–Kier alpha value is -2.68. The summed E-state index contributed by atoms with van der Waals surface area (Å²) in [6.45, 7) is 0. The standard InChI is InChI=1S/C17H11FO2/c18-15-8-4-7-13-12(15)9-10-14(17(19)20)16(13)11-5-2-1-3-6-11/h1-10H,(H,19,20). The summed E-state index contributed by atoms with van der Waals surface area (Å²) >= 11 is 0. The zero-order chi connectivity index (χ0) is 14.1. The van der Waals surface area contributed by atoms with Gasteiger partial charge in [-0.15, -0.1) is 0 Å². The van der Waals surface area contributed by atoms with Crippen LogP contribution in [-0.4, -0.2) is 11.1 Å². The van der Waals surface area contributed by atoms with Crippen molar-refractivity contribution in [2.45, 2.75) is 0 Å². The zero-order valence-corrected chi connectivity index (χ0v) is 10.5. The minimum atomic E-state index is -1.02. The Balaban J connectivity index is 2.45. The third kappa shape index (κ3) is 1.93. The number of carboxylic acid groups (broad SMARTS) is 1. The van der Waals surface area contributed by atoms with Crippen molar-refractivity contribution in [3.05, 3.63) is 72.0 Å². The average molecular weight is 266 g/mol. The SMILES string of the molecule is O=C(O)c1ccc2c(F)cccc2c1-c1ccccc1. The van der Waals surface area contributed by atoms with E-state index in [-0.39, 0.29) is 11.4 Å². The number of carboxylic acids is 1. The quantitative estimate of drug-likeness (QED) is 0.749. The Kier molecular flexibility index (Phi) is 2.95. The van der Waals surface area contributed by atoms with E-state index in [9.17, 15) is 14.3 Å². The van der Waals surface area contributed by atoms with Gasteiger partial charge in [0.2, 0.25) is 0 Å².